The third-order valence-corrected chi connectivity index (χ3v) is 4.52. The van der Waals surface area contributed by atoms with Crippen LogP contribution in [-0.4, -0.2) is 36.9 Å². The SMILES string of the molecule is NCCCCCCCCCNC(=O)C(CCC(N)=O)NC(=O)c1ccccc1. The van der Waals surface area contributed by atoms with Gasteiger partial charge in [0.2, 0.25) is 11.8 Å². The summed E-state index contributed by atoms with van der Waals surface area (Å²) in [6.45, 7) is 1.31. The Labute approximate surface area is 167 Å². The number of hydrogen-bond acceptors (Lipinski definition) is 4. The zero-order valence-corrected chi connectivity index (χ0v) is 16.6. The molecule has 0 radical (unpaired) electrons. The molecule has 156 valence electrons. The molecule has 3 amide bonds. The number of carbonyl (C=O) groups excluding carboxylic acids is 3. The van der Waals surface area contributed by atoms with E-state index in [2.05, 4.69) is 10.6 Å². The highest BCUT2D eigenvalue weighted by molar-refractivity contribution is 5.97. The van der Waals surface area contributed by atoms with Crippen LogP contribution < -0.4 is 22.1 Å². The molecule has 0 aromatic heterocycles. The predicted octanol–water partition coefficient (Wildman–Crippen LogP) is 1.86. The fourth-order valence-corrected chi connectivity index (χ4v) is 2.87. The van der Waals surface area contributed by atoms with E-state index in [-0.39, 0.29) is 24.7 Å². The quantitative estimate of drug-likeness (QED) is 0.341. The Morgan fingerprint density at radius 3 is 2.11 bits per heavy atom. The number of primary amides is 1. The number of hydrogen-bond donors (Lipinski definition) is 4. The van der Waals surface area contributed by atoms with Crippen molar-refractivity contribution < 1.29 is 14.4 Å². The van der Waals surface area contributed by atoms with Gasteiger partial charge in [-0.15, -0.1) is 0 Å². The molecular formula is C21H34N4O3. The lowest BCUT2D eigenvalue weighted by Gasteiger charge is -2.18. The van der Waals surface area contributed by atoms with Crippen LogP contribution in [0.25, 0.3) is 0 Å². The molecule has 1 unspecified atom stereocenters. The van der Waals surface area contributed by atoms with Crippen LogP contribution >= 0.6 is 0 Å². The Balaban J connectivity index is 2.36. The van der Waals surface area contributed by atoms with E-state index in [0.29, 0.717) is 12.1 Å². The minimum atomic E-state index is -0.781. The molecule has 28 heavy (non-hydrogen) atoms. The van der Waals surface area contributed by atoms with Crippen molar-refractivity contribution in [1.82, 2.24) is 10.6 Å². The van der Waals surface area contributed by atoms with E-state index < -0.39 is 11.9 Å². The van der Waals surface area contributed by atoms with Crippen molar-refractivity contribution in [2.75, 3.05) is 13.1 Å². The van der Waals surface area contributed by atoms with Gasteiger partial charge >= 0.3 is 0 Å². The molecular weight excluding hydrogens is 356 g/mol. The van der Waals surface area contributed by atoms with Crippen LogP contribution in [0, 0.1) is 0 Å². The van der Waals surface area contributed by atoms with Crippen LogP contribution in [0.5, 0.6) is 0 Å². The van der Waals surface area contributed by atoms with Gasteiger partial charge in [0.05, 0.1) is 0 Å². The molecule has 1 rings (SSSR count). The maximum atomic E-state index is 12.4. The van der Waals surface area contributed by atoms with Crippen molar-refractivity contribution in [2.24, 2.45) is 11.5 Å². The summed E-state index contributed by atoms with van der Waals surface area (Å²) in [5.41, 5.74) is 11.1. The molecule has 0 aliphatic rings. The smallest absolute Gasteiger partial charge is 0.251 e. The van der Waals surface area contributed by atoms with Gasteiger partial charge in [-0.1, -0.05) is 50.3 Å². The fraction of sp³-hybridized carbons (Fsp3) is 0.571. The molecule has 0 aliphatic carbocycles. The van der Waals surface area contributed by atoms with Crippen LogP contribution in [0.4, 0.5) is 0 Å². The summed E-state index contributed by atoms with van der Waals surface area (Å²) in [6.07, 6.45) is 7.93. The minimum Gasteiger partial charge on any atom is -0.370 e. The third-order valence-electron chi connectivity index (χ3n) is 4.52. The van der Waals surface area contributed by atoms with Gasteiger partial charge in [0.1, 0.15) is 6.04 Å². The summed E-state index contributed by atoms with van der Waals surface area (Å²) in [6, 6.07) is 7.88. The standard InChI is InChI=1S/C21H34N4O3/c22-15-9-4-2-1-3-5-10-16-24-21(28)18(13-14-19(23)26)25-20(27)17-11-7-6-8-12-17/h6-8,11-12,18H,1-5,9-10,13-16,22H2,(H2,23,26)(H,24,28)(H,25,27). The molecule has 0 bridgehead atoms. The van der Waals surface area contributed by atoms with Gasteiger partial charge in [-0.3, -0.25) is 14.4 Å². The highest BCUT2D eigenvalue weighted by Gasteiger charge is 2.21. The molecule has 0 spiro atoms. The number of nitrogens with two attached hydrogens (primary N) is 2. The second-order valence-electron chi connectivity index (χ2n) is 6.95. The second-order valence-corrected chi connectivity index (χ2v) is 6.95. The zero-order chi connectivity index (χ0) is 20.6. The Hall–Kier alpha value is -2.41. The first-order chi connectivity index (χ1) is 13.5. The Morgan fingerprint density at radius 1 is 0.893 bits per heavy atom. The Bertz CT molecular complexity index is 593. The first-order valence-corrected chi connectivity index (χ1v) is 10.2. The van der Waals surface area contributed by atoms with Gasteiger partial charge in [0.25, 0.3) is 5.91 Å². The van der Waals surface area contributed by atoms with Crippen molar-refractivity contribution in [3.63, 3.8) is 0 Å². The van der Waals surface area contributed by atoms with Gasteiger partial charge in [-0.25, -0.2) is 0 Å². The molecule has 6 N–H and O–H groups in total. The van der Waals surface area contributed by atoms with Crippen LogP contribution in [0.15, 0.2) is 30.3 Å². The van der Waals surface area contributed by atoms with E-state index in [4.69, 9.17) is 11.5 Å². The van der Waals surface area contributed by atoms with E-state index in [1.54, 1.807) is 24.3 Å². The molecule has 1 aromatic carbocycles. The lowest BCUT2D eigenvalue weighted by Crippen LogP contribution is -2.47. The Morgan fingerprint density at radius 2 is 1.50 bits per heavy atom. The van der Waals surface area contributed by atoms with Gasteiger partial charge in [-0.05, 0) is 37.9 Å². The van der Waals surface area contributed by atoms with Crippen molar-refractivity contribution in [3.8, 4) is 0 Å². The molecule has 7 nitrogen and oxygen atoms in total. The zero-order valence-electron chi connectivity index (χ0n) is 16.6. The normalized spacial score (nSPS) is 11.6. The number of amides is 3. The molecule has 1 aromatic rings. The van der Waals surface area contributed by atoms with Gasteiger partial charge in [0.15, 0.2) is 0 Å². The summed E-state index contributed by atoms with van der Waals surface area (Å²) in [5.74, 6) is -1.13. The van der Waals surface area contributed by atoms with Gasteiger partial charge in [0, 0.05) is 18.5 Å². The lowest BCUT2D eigenvalue weighted by molar-refractivity contribution is -0.123. The number of rotatable bonds is 15. The number of benzene rings is 1. The first kappa shape index (κ1) is 23.6. The molecule has 0 heterocycles. The molecule has 0 aliphatic heterocycles. The van der Waals surface area contributed by atoms with Gasteiger partial charge < -0.3 is 22.1 Å². The molecule has 1 atom stereocenters. The summed E-state index contributed by atoms with van der Waals surface area (Å²) in [7, 11) is 0. The largest absolute Gasteiger partial charge is 0.370 e. The van der Waals surface area contributed by atoms with E-state index in [0.717, 1.165) is 32.2 Å². The summed E-state index contributed by atoms with van der Waals surface area (Å²) < 4.78 is 0. The molecule has 0 fully saturated rings. The average molecular weight is 391 g/mol. The maximum Gasteiger partial charge on any atom is 0.251 e. The van der Waals surface area contributed by atoms with Crippen LogP contribution in [0.1, 0.15) is 68.1 Å². The summed E-state index contributed by atoms with van der Waals surface area (Å²) in [5, 5.41) is 5.55. The van der Waals surface area contributed by atoms with E-state index in [1.165, 1.54) is 19.3 Å². The first-order valence-electron chi connectivity index (χ1n) is 10.2. The number of unbranched alkanes of at least 4 members (excludes halogenated alkanes) is 6. The predicted molar refractivity (Wildman–Crippen MR) is 111 cm³/mol. The summed E-state index contributed by atoms with van der Waals surface area (Å²) in [4.78, 5) is 35.8. The minimum absolute atomic E-state index is 0.0377. The number of nitrogens with one attached hydrogen (secondary N) is 2. The second kappa shape index (κ2) is 14.6. The van der Waals surface area contributed by atoms with Crippen LogP contribution in [-0.2, 0) is 9.59 Å². The molecule has 0 saturated carbocycles. The number of carbonyl (C=O) groups is 3. The van der Waals surface area contributed by atoms with Crippen LogP contribution in [0.2, 0.25) is 0 Å². The topological polar surface area (TPSA) is 127 Å². The van der Waals surface area contributed by atoms with E-state index in [1.807, 2.05) is 6.07 Å². The summed E-state index contributed by atoms with van der Waals surface area (Å²) >= 11 is 0. The van der Waals surface area contributed by atoms with Crippen molar-refractivity contribution in [2.45, 2.75) is 63.8 Å². The van der Waals surface area contributed by atoms with E-state index in [9.17, 15) is 14.4 Å². The third kappa shape index (κ3) is 10.7. The van der Waals surface area contributed by atoms with E-state index >= 15 is 0 Å². The van der Waals surface area contributed by atoms with Crippen LogP contribution in [0.3, 0.4) is 0 Å². The fourth-order valence-electron chi connectivity index (χ4n) is 2.87. The lowest BCUT2D eigenvalue weighted by atomic mass is 10.1. The Kier molecular flexibility index (Phi) is 12.3. The van der Waals surface area contributed by atoms with Crippen molar-refractivity contribution >= 4 is 17.7 Å². The van der Waals surface area contributed by atoms with Crippen molar-refractivity contribution in [1.29, 1.82) is 0 Å². The van der Waals surface area contributed by atoms with Gasteiger partial charge in [-0.2, -0.15) is 0 Å². The monoisotopic (exact) mass is 390 g/mol. The highest BCUT2D eigenvalue weighted by atomic mass is 16.2. The maximum absolute atomic E-state index is 12.4. The highest BCUT2D eigenvalue weighted by Crippen LogP contribution is 2.07. The van der Waals surface area contributed by atoms with Crippen molar-refractivity contribution in [3.05, 3.63) is 35.9 Å². The average Bonchev–Trinajstić information content (AvgIpc) is 2.70. The molecule has 0 saturated heterocycles. The molecule has 7 heteroatoms.